The Labute approximate surface area is 115 Å². The highest BCUT2D eigenvalue weighted by molar-refractivity contribution is 7.80. The Bertz CT molecular complexity index is 489. The van der Waals surface area contributed by atoms with Crippen molar-refractivity contribution < 1.29 is 0 Å². The molecule has 1 aliphatic carbocycles. The Morgan fingerprint density at radius 2 is 1.78 bits per heavy atom. The summed E-state index contributed by atoms with van der Waals surface area (Å²) in [7, 11) is 0. The number of benzene rings is 1. The molecule has 0 bridgehead atoms. The van der Waals surface area contributed by atoms with Crippen LogP contribution in [0.3, 0.4) is 0 Å². The number of nitrogens with one attached hydrogen (secondary N) is 1. The standard InChI is InChI=1S/C15H22N2S/c1-9-7-6-8-10(12(16)18)11(9)17-13-14(2,3)15(13,4)5/h6-8,13,17H,1-5H3,(H2,16,18). The van der Waals surface area contributed by atoms with Crippen LogP contribution in [0.4, 0.5) is 5.69 Å². The summed E-state index contributed by atoms with van der Waals surface area (Å²) in [6, 6.07) is 6.53. The molecule has 2 nitrogen and oxygen atoms in total. The number of hydrogen-bond acceptors (Lipinski definition) is 2. The van der Waals surface area contributed by atoms with Crippen molar-refractivity contribution in [1.82, 2.24) is 0 Å². The molecule has 0 saturated heterocycles. The number of nitrogens with two attached hydrogens (primary N) is 1. The first-order valence-electron chi connectivity index (χ1n) is 6.35. The number of hydrogen-bond donors (Lipinski definition) is 2. The van der Waals surface area contributed by atoms with E-state index in [4.69, 9.17) is 18.0 Å². The smallest absolute Gasteiger partial charge is 0.106 e. The van der Waals surface area contributed by atoms with Gasteiger partial charge in [0.2, 0.25) is 0 Å². The van der Waals surface area contributed by atoms with Gasteiger partial charge in [0.05, 0.1) is 0 Å². The van der Waals surface area contributed by atoms with Crippen molar-refractivity contribution in [3.05, 3.63) is 29.3 Å². The van der Waals surface area contributed by atoms with Crippen LogP contribution in [-0.2, 0) is 0 Å². The molecule has 2 rings (SSSR count). The van der Waals surface area contributed by atoms with Crippen molar-refractivity contribution in [1.29, 1.82) is 0 Å². The molecule has 1 aliphatic rings. The van der Waals surface area contributed by atoms with E-state index >= 15 is 0 Å². The normalized spacial score (nSPS) is 20.5. The lowest BCUT2D eigenvalue weighted by molar-refractivity contribution is 0.457. The van der Waals surface area contributed by atoms with Crippen molar-refractivity contribution >= 4 is 22.9 Å². The molecule has 0 spiro atoms. The predicted octanol–water partition coefficient (Wildman–Crippen LogP) is 3.48. The van der Waals surface area contributed by atoms with Crippen LogP contribution in [0.2, 0.25) is 0 Å². The SMILES string of the molecule is Cc1cccc(C(N)=S)c1NC1C(C)(C)C1(C)C. The summed E-state index contributed by atoms with van der Waals surface area (Å²) in [5.41, 5.74) is 9.63. The lowest BCUT2D eigenvalue weighted by atomic mass is 10.0. The molecule has 1 aromatic carbocycles. The maximum Gasteiger partial charge on any atom is 0.106 e. The van der Waals surface area contributed by atoms with Crippen molar-refractivity contribution in [2.75, 3.05) is 5.32 Å². The van der Waals surface area contributed by atoms with Crippen LogP contribution >= 0.6 is 12.2 Å². The fourth-order valence-electron chi connectivity index (χ4n) is 2.77. The van der Waals surface area contributed by atoms with Crippen LogP contribution in [-0.4, -0.2) is 11.0 Å². The van der Waals surface area contributed by atoms with Crippen LogP contribution in [0.1, 0.15) is 38.8 Å². The minimum Gasteiger partial charge on any atom is -0.389 e. The van der Waals surface area contributed by atoms with Crippen molar-refractivity contribution in [3.8, 4) is 0 Å². The van der Waals surface area contributed by atoms with E-state index < -0.39 is 0 Å². The molecule has 0 atom stereocenters. The third-order valence-electron chi connectivity index (χ3n) is 4.85. The second kappa shape index (κ2) is 3.95. The lowest BCUT2D eigenvalue weighted by Gasteiger charge is -2.15. The zero-order valence-electron chi connectivity index (χ0n) is 11.8. The van der Waals surface area contributed by atoms with E-state index in [0.29, 0.717) is 21.9 Å². The molecule has 0 heterocycles. The molecule has 98 valence electrons. The quantitative estimate of drug-likeness (QED) is 0.819. The van der Waals surface area contributed by atoms with E-state index in [1.54, 1.807) is 0 Å². The lowest BCUT2D eigenvalue weighted by Crippen LogP contribution is -2.17. The van der Waals surface area contributed by atoms with E-state index in [2.05, 4.69) is 46.0 Å². The van der Waals surface area contributed by atoms with Gasteiger partial charge in [-0.1, -0.05) is 52.0 Å². The van der Waals surface area contributed by atoms with Gasteiger partial charge in [-0.05, 0) is 29.4 Å². The fraction of sp³-hybridized carbons (Fsp3) is 0.533. The second-order valence-electron chi connectivity index (χ2n) is 6.38. The average Bonchev–Trinajstić information content (AvgIpc) is 2.62. The molecule has 0 aliphatic heterocycles. The third-order valence-corrected chi connectivity index (χ3v) is 5.07. The summed E-state index contributed by atoms with van der Waals surface area (Å²) in [4.78, 5) is 0.456. The van der Waals surface area contributed by atoms with Gasteiger partial charge in [-0.3, -0.25) is 0 Å². The minimum absolute atomic E-state index is 0.294. The van der Waals surface area contributed by atoms with Crippen LogP contribution in [0.25, 0.3) is 0 Å². The highest BCUT2D eigenvalue weighted by atomic mass is 32.1. The molecule has 0 amide bonds. The maximum absolute atomic E-state index is 5.81. The first-order chi connectivity index (χ1) is 8.19. The van der Waals surface area contributed by atoms with Crippen LogP contribution in [0, 0.1) is 17.8 Å². The molecule has 1 aromatic rings. The van der Waals surface area contributed by atoms with E-state index in [1.807, 2.05) is 12.1 Å². The van der Waals surface area contributed by atoms with Gasteiger partial charge in [-0.25, -0.2) is 0 Å². The molecular weight excluding hydrogens is 240 g/mol. The molecule has 3 N–H and O–H groups in total. The topological polar surface area (TPSA) is 38.0 Å². The molecule has 0 radical (unpaired) electrons. The summed E-state index contributed by atoms with van der Waals surface area (Å²) in [5.74, 6) is 0. The van der Waals surface area contributed by atoms with Gasteiger partial charge < -0.3 is 11.1 Å². The molecule has 3 heteroatoms. The van der Waals surface area contributed by atoms with Gasteiger partial charge in [-0.15, -0.1) is 0 Å². The Balaban J connectivity index is 2.34. The molecule has 1 fully saturated rings. The monoisotopic (exact) mass is 262 g/mol. The molecule has 0 aromatic heterocycles. The number of rotatable bonds is 3. The van der Waals surface area contributed by atoms with Crippen molar-refractivity contribution in [2.24, 2.45) is 16.6 Å². The van der Waals surface area contributed by atoms with E-state index in [1.165, 1.54) is 5.56 Å². The maximum atomic E-state index is 5.81. The van der Waals surface area contributed by atoms with Crippen LogP contribution < -0.4 is 11.1 Å². The van der Waals surface area contributed by atoms with Crippen LogP contribution in [0.15, 0.2) is 18.2 Å². The van der Waals surface area contributed by atoms with Gasteiger partial charge in [0.25, 0.3) is 0 Å². The zero-order valence-corrected chi connectivity index (χ0v) is 12.6. The largest absolute Gasteiger partial charge is 0.389 e. The predicted molar refractivity (Wildman–Crippen MR) is 82.0 cm³/mol. The summed E-state index contributed by atoms with van der Waals surface area (Å²) >= 11 is 5.13. The fourth-order valence-corrected chi connectivity index (χ4v) is 2.94. The molecular formula is C15H22N2S. The van der Waals surface area contributed by atoms with Crippen molar-refractivity contribution in [2.45, 2.75) is 40.7 Å². The minimum atomic E-state index is 0.294. The van der Waals surface area contributed by atoms with Crippen molar-refractivity contribution in [3.63, 3.8) is 0 Å². The summed E-state index contributed by atoms with van der Waals surface area (Å²) in [6.45, 7) is 11.3. The Morgan fingerprint density at radius 1 is 1.22 bits per heavy atom. The molecule has 1 saturated carbocycles. The molecule has 18 heavy (non-hydrogen) atoms. The van der Waals surface area contributed by atoms with Gasteiger partial charge in [0.1, 0.15) is 4.99 Å². The summed E-state index contributed by atoms with van der Waals surface area (Å²) in [5, 5.41) is 3.65. The Kier molecular flexibility index (Phi) is 2.93. The second-order valence-corrected chi connectivity index (χ2v) is 6.82. The van der Waals surface area contributed by atoms with Gasteiger partial charge >= 0.3 is 0 Å². The number of para-hydroxylation sites is 1. The van der Waals surface area contributed by atoms with E-state index in [-0.39, 0.29) is 0 Å². The number of aryl methyl sites for hydroxylation is 1. The first-order valence-corrected chi connectivity index (χ1v) is 6.76. The Morgan fingerprint density at radius 3 is 2.22 bits per heavy atom. The average molecular weight is 262 g/mol. The first kappa shape index (κ1) is 13.3. The van der Waals surface area contributed by atoms with Gasteiger partial charge in [0, 0.05) is 17.3 Å². The number of thiocarbonyl (C=S) groups is 1. The summed E-state index contributed by atoms with van der Waals surface area (Å²) < 4.78 is 0. The number of anilines is 1. The van der Waals surface area contributed by atoms with Crippen LogP contribution in [0.5, 0.6) is 0 Å². The van der Waals surface area contributed by atoms with E-state index in [0.717, 1.165) is 11.3 Å². The zero-order chi connectivity index (χ0) is 13.7. The van der Waals surface area contributed by atoms with Gasteiger partial charge in [-0.2, -0.15) is 0 Å². The highest BCUT2D eigenvalue weighted by Crippen LogP contribution is 2.63. The highest BCUT2D eigenvalue weighted by Gasteiger charge is 2.65. The van der Waals surface area contributed by atoms with Gasteiger partial charge in [0.15, 0.2) is 0 Å². The molecule has 0 unspecified atom stereocenters. The third kappa shape index (κ3) is 1.81. The Hall–Kier alpha value is -1.09. The summed E-state index contributed by atoms with van der Waals surface area (Å²) in [6.07, 6.45) is 0. The van der Waals surface area contributed by atoms with E-state index in [9.17, 15) is 0 Å².